The Morgan fingerprint density at radius 1 is 1.41 bits per heavy atom. The van der Waals surface area contributed by atoms with Crippen LogP contribution < -0.4 is 5.32 Å². The molecule has 0 atom stereocenters. The number of aryl methyl sites for hydroxylation is 1. The van der Waals surface area contributed by atoms with Crippen LogP contribution in [0.1, 0.15) is 17.1 Å². The molecular weight excluding hydrogens is 236 g/mol. The number of nitrogens with zero attached hydrogens (tertiary/aromatic N) is 3. The largest absolute Gasteiger partial charge is 0.361 e. The van der Waals surface area contributed by atoms with Gasteiger partial charge in [-0.05, 0) is 6.92 Å². The van der Waals surface area contributed by atoms with Gasteiger partial charge >= 0.3 is 0 Å². The molecule has 17 heavy (non-hydrogen) atoms. The van der Waals surface area contributed by atoms with Gasteiger partial charge in [0.2, 0.25) is 0 Å². The summed E-state index contributed by atoms with van der Waals surface area (Å²) in [6.07, 6.45) is 4.05. The van der Waals surface area contributed by atoms with E-state index in [2.05, 4.69) is 15.5 Å². The van der Waals surface area contributed by atoms with Crippen LogP contribution in [-0.4, -0.2) is 14.5 Å². The van der Waals surface area contributed by atoms with Crippen molar-refractivity contribution in [2.75, 3.05) is 0 Å². The van der Waals surface area contributed by atoms with Gasteiger partial charge in [0.1, 0.15) is 5.76 Å². The number of nitrogens with one attached hydrogen (secondary N) is 1. The van der Waals surface area contributed by atoms with Crippen LogP contribution >= 0.6 is 11.3 Å². The van der Waals surface area contributed by atoms with Crippen LogP contribution in [0.2, 0.25) is 0 Å². The Kier molecular flexibility index (Phi) is 2.66. The quantitative estimate of drug-likeness (QED) is 0.767. The predicted molar refractivity (Wildman–Crippen MR) is 64.9 cm³/mol. The van der Waals surface area contributed by atoms with Crippen molar-refractivity contribution in [3.05, 3.63) is 41.0 Å². The molecule has 0 amide bonds. The summed E-state index contributed by atoms with van der Waals surface area (Å²) in [6.45, 7) is 3.32. The van der Waals surface area contributed by atoms with Crippen LogP contribution in [0.3, 0.4) is 0 Å². The van der Waals surface area contributed by atoms with Crippen molar-refractivity contribution in [3.8, 4) is 0 Å². The molecule has 3 heterocycles. The first-order chi connectivity index (χ1) is 8.31. The van der Waals surface area contributed by atoms with Crippen molar-refractivity contribution in [2.45, 2.75) is 20.0 Å². The molecule has 5 nitrogen and oxygen atoms in total. The van der Waals surface area contributed by atoms with E-state index in [1.54, 1.807) is 11.3 Å². The normalized spacial score (nSPS) is 11.4. The minimum Gasteiger partial charge on any atom is -0.361 e. The molecule has 0 aliphatic rings. The van der Waals surface area contributed by atoms with Crippen molar-refractivity contribution in [2.24, 2.45) is 0 Å². The number of imidazole rings is 1. The molecule has 6 heteroatoms. The maximum absolute atomic E-state index is 4.99. The molecular formula is C11H12N4OS. The Morgan fingerprint density at radius 3 is 3.06 bits per heavy atom. The zero-order valence-electron chi connectivity index (χ0n) is 9.38. The molecule has 0 fully saturated rings. The molecule has 3 aromatic heterocycles. The van der Waals surface area contributed by atoms with Crippen molar-refractivity contribution in [3.63, 3.8) is 0 Å². The maximum Gasteiger partial charge on any atom is 0.193 e. The molecule has 0 spiro atoms. The van der Waals surface area contributed by atoms with Gasteiger partial charge in [-0.3, -0.25) is 4.40 Å². The zero-order valence-corrected chi connectivity index (χ0v) is 10.2. The minimum absolute atomic E-state index is 0.697. The van der Waals surface area contributed by atoms with Gasteiger partial charge < -0.3 is 9.84 Å². The smallest absolute Gasteiger partial charge is 0.193 e. The fraction of sp³-hybridized carbons (Fsp3) is 0.273. The monoisotopic (exact) mass is 248 g/mol. The third-order valence-corrected chi connectivity index (χ3v) is 3.20. The summed E-state index contributed by atoms with van der Waals surface area (Å²) < 4.78 is 7.02. The van der Waals surface area contributed by atoms with Crippen molar-refractivity contribution in [1.82, 2.24) is 19.9 Å². The summed E-state index contributed by atoms with van der Waals surface area (Å²) in [4.78, 5) is 5.51. The molecule has 0 aliphatic carbocycles. The highest BCUT2D eigenvalue weighted by Crippen LogP contribution is 2.11. The number of hydrogen-bond donors (Lipinski definition) is 1. The van der Waals surface area contributed by atoms with E-state index in [-0.39, 0.29) is 0 Å². The Hall–Kier alpha value is -1.66. The lowest BCUT2D eigenvalue weighted by Gasteiger charge is -1.97. The third kappa shape index (κ3) is 2.22. The summed E-state index contributed by atoms with van der Waals surface area (Å²) in [5.41, 5.74) is 1.96. The number of thiazole rings is 1. The fourth-order valence-electron chi connectivity index (χ4n) is 1.68. The Bertz CT molecular complexity index is 596. The number of fused-ring (bicyclic) bond motifs is 1. The van der Waals surface area contributed by atoms with E-state index in [0.717, 1.165) is 28.7 Å². The molecule has 0 aliphatic heterocycles. The summed E-state index contributed by atoms with van der Waals surface area (Å²) in [5, 5.41) is 9.23. The van der Waals surface area contributed by atoms with Crippen molar-refractivity contribution >= 4 is 16.3 Å². The molecule has 88 valence electrons. The predicted octanol–water partition coefficient (Wildman–Crippen LogP) is 1.98. The average Bonchev–Trinajstić information content (AvgIpc) is 2.94. The molecule has 0 aromatic carbocycles. The van der Waals surface area contributed by atoms with Gasteiger partial charge in [0.05, 0.1) is 11.4 Å². The molecule has 0 unspecified atom stereocenters. The van der Waals surface area contributed by atoms with Crippen molar-refractivity contribution in [1.29, 1.82) is 0 Å². The van der Waals surface area contributed by atoms with Gasteiger partial charge in [-0.1, -0.05) is 5.16 Å². The number of hydrogen-bond acceptors (Lipinski definition) is 5. The van der Waals surface area contributed by atoms with Crippen LogP contribution in [-0.2, 0) is 13.1 Å². The van der Waals surface area contributed by atoms with Gasteiger partial charge in [-0.2, -0.15) is 0 Å². The van der Waals surface area contributed by atoms with Crippen LogP contribution in [0.15, 0.2) is 28.4 Å². The average molecular weight is 248 g/mol. The van der Waals surface area contributed by atoms with Gasteiger partial charge in [-0.15, -0.1) is 11.3 Å². The highest BCUT2D eigenvalue weighted by atomic mass is 32.1. The van der Waals surface area contributed by atoms with E-state index >= 15 is 0 Å². The number of rotatable bonds is 4. The molecule has 0 radical (unpaired) electrons. The van der Waals surface area contributed by atoms with E-state index in [4.69, 9.17) is 4.52 Å². The Labute approximate surface area is 102 Å². The zero-order chi connectivity index (χ0) is 11.7. The fourth-order valence-corrected chi connectivity index (χ4v) is 2.40. The second-order valence-electron chi connectivity index (χ2n) is 3.86. The van der Waals surface area contributed by atoms with Crippen LogP contribution in [0.4, 0.5) is 0 Å². The SMILES string of the molecule is Cc1cc(CNCc2cn3ccsc3n2)no1. The second kappa shape index (κ2) is 4.31. The summed E-state index contributed by atoms with van der Waals surface area (Å²) >= 11 is 1.64. The van der Waals surface area contributed by atoms with E-state index in [9.17, 15) is 0 Å². The van der Waals surface area contributed by atoms with Gasteiger partial charge in [0.25, 0.3) is 0 Å². The van der Waals surface area contributed by atoms with E-state index in [0.29, 0.717) is 6.54 Å². The maximum atomic E-state index is 4.99. The first kappa shape index (κ1) is 10.5. The summed E-state index contributed by atoms with van der Waals surface area (Å²) in [7, 11) is 0. The van der Waals surface area contributed by atoms with Crippen LogP contribution in [0.5, 0.6) is 0 Å². The lowest BCUT2D eigenvalue weighted by molar-refractivity contribution is 0.388. The lowest BCUT2D eigenvalue weighted by atomic mass is 10.3. The molecule has 0 saturated carbocycles. The Morgan fingerprint density at radius 2 is 2.29 bits per heavy atom. The molecule has 3 rings (SSSR count). The molecule has 0 bridgehead atoms. The second-order valence-corrected chi connectivity index (χ2v) is 4.73. The molecule has 3 aromatic rings. The Balaban J connectivity index is 1.59. The van der Waals surface area contributed by atoms with Gasteiger partial charge in [0, 0.05) is 36.9 Å². The number of aromatic nitrogens is 3. The summed E-state index contributed by atoms with van der Waals surface area (Å²) in [5.74, 6) is 0.837. The van der Waals surface area contributed by atoms with E-state index in [1.807, 2.05) is 35.2 Å². The van der Waals surface area contributed by atoms with E-state index in [1.165, 1.54) is 0 Å². The highest BCUT2D eigenvalue weighted by Gasteiger charge is 2.03. The van der Waals surface area contributed by atoms with Crippen LogP contribution in [0, 0.1) is 6.92 Å². The van der Waals surface area contributed by atoms with E-state index < -0.39 is 0 Å². The first-order valence-corrected chi connectivity index (χ1v) is 6.23. The van der Waals surface area contributed by atoms with Gasteiger partial charge in [0.15, 0.2) is 4.96 Å². The standard InChI is InChI=1S/C11H12N4OS/c1-8-4-9(14-16-8)5-12-6-10-7-15-2-3-17-11(15)13-10/h2-4,7,12H,5-6H2,1H3. The highest BCUT2D eigenvalue weighted by molar-refractivity contribution is 7.15. The minimum atomic E-state index is 0.697. The van der Waals surface area contributed by atoms with Crippen molar-refractivity contribution < 1.29 is 4.52 Å². The first-order valence-electron chi connectivity index (χ1n) is 5.35. The third-order valence-electron chi connectivity index (χ3n) is 2.43. The van der Waals surface area contributed by atoms with Gasteiger partial charge in [-0.25, -0.2) is 4.98 Å². The van der Waals surface area contributed by atoms with Crippen LogP contribution in [0.25, 0.3) is 4.96 Å². The lowest BCUT2D eigenvalue weighted by Crippen LogP contribution is -2.13. The summed E-state index contributed by atoms with van der Waals surface area (Å²) in [6, 6.07) is 1.93. The molecule has 0 saturated heterocycles. The molecule has 1 N–H and O–H groups in total. The topological polar surface area (TPSA) is 55.4 Å².